The predicted molar refractivity (Wildman–Crippen MR) is 63.1 cm³/mol. The van der Waals surface area contributed by atoms with E-state index >= 15 is 0 Å². The second kappa shape index (κ2) is 7.30. The first-order valence-electron chi connectivity index (χ1n) is 5.19. The number of hydrogen-bond acceptors (Lipinski definition) is 1. The number of carbonyl (C=O) groups is 1. The van der Waals surface area contributed by atoms with Crippen LogP contribution in [0.5, 0.6) is 0 Å². The minimum absolute atomic E-state index is 0.101. The first-order valence-corrected chi connectivity index (χ1v) is 5.73. The van der Waals surface area contributed by atoms with Gasteiger partial charge in [0, 0.05) is 18.8 Å². The molecule has 0 aliphatic heterocycles. The van der Waals surface area contributed by atoms with Crippen molar-refractivity contribution in [2.45, 2.75) is 19.3 Å². The Balaban J connectivity index is 2.17. The van der Waals surface area contributed by atoms with Crippen molar-refractivity contribution < 1.29 is 4.79 Å². The molecule has 0 unspecified atom stereocenters. The lowest BCUT2D eigenvalue weighted by molar-refractivity contribution is -0.121. The fraction of sp³-hybridized carbons (Fsp3) is 0.417. The van der Waals surface area contributed by atoms with Gasteiger partial charge in [-0.2, -0.15) is 0 Å². The van der Waals surface area contributed by atoms with Crippen molar-refractivity contribution in [2.75, 3.05) is 12.4 Å². The summed E-state index contributed by atoms with van der Waals surface area (Å²) in [5.74, 6) is 0.697. The predicted octanol–water partition coefficient (Wildman–Crippen LogP) is 2.36. The lowest BCUT2D eigenvalue weighted by atomic mass is 10.1. The molecule has 0 spiro atoms. The molecule has 3 heteroatoms. The van der Waals surface area contributed by atoms with Gasteiger partial charge in [0.05, 0.1) is 0 Å². The van der Waals surface area contributed by atoms with Crippen LogP contribution >= 0.6 is 11.6 Å². The fourth-order valence-electron chi connectivity index (χ4n) is 1.29. The van der Waals surface area contributed by atoms with Crippen LogP contribution in [0.15, 0.2) is 30.3 Å². The third-order valence-corrected chi connectivity index (χ3v) is 2.38. The Morgan fingerprint density at radius 2 is 2.00 bits per heavy atom. The Morgan fingerprint density at radius 3 is 2.67 bits per heavy atom. The molecular weight excluding hydrogens is 210 g/mol. The Labute approximate surface area is 95.6 Å². The molecule has 1 N–H and O–H groups in total. The van der Waals surface area contributed by atoms with E-state index in [0.717, 1.165) is 12.8 Å². The number of amides is 1. The van der Waals surface area contributed by atoms with Gasteiger partial charge in [0.2, 0.25) is 5.91 Å². The largest absolute Gasteiger partial charge is 0.356 e. The smallest absolute Gasteiger partial charge is 0.220 e. The molecular formula is C12H16ClNO. The molecule has 0 atom stereocenters. The Kier molecular flexibility index (Phi) is 5.86. The first kappa shape index (κ1) is 12.1. The lowest BCUT2D eigenvalue weighted by Crippen LogP contribution is -2.24. The van der Waals surface area contributed by atoms with E-state index in [9.17, 15) is 4.79 Å². The molecule has 0 radical (unpaired) electrons. The molecule has 0 fully saturated rings. The highest BCUT2D eigenvalue weighted by Crippen LogP contribution is 2.01. The zero-order chi connectivity index (χ0) is 10.9. The molecule has 1 aromatic carbocycles. The minimum Gasteiger partial charge on any atom is -0.356 e. The van der Waals surface area contributed by atoms with Crippen LogP contribution in [0.25, 0.3) is 0 Å². The minimum atomic E-state index is 0.101. The number of hydrogen-bond donors (Lipinski definition) is 1. The van der Waals surface area contributed by atoms with E-state index in [4.69, 9.17) is 11.6 Å². The van der Waals surface area contributed by atoms with Gasteiger partial charge in [-0.05, 0) is 18.4 Å². The molecule has 0 aliphatic rings. The number of halogens is 1. The molecule has 0 saturated carbocycles. The van der Waals surface area contributed by atoms with Crippen molar-refractivity contribution in [1.82, 2.24) is 5.32 Å². The van der Waals surface area contributed by atoms with Crippen LogP contribution in [0.4, 0.5) is 0 Å². The van der Waals surface area contributed by atoms with Crippen LogP contribution in [0.2, 0.25) is 0 Å². The van der Waals surface area contributed by atoms with Crippen molar-refractivity contribution >= 4 is 17.5 Å². The van der Waals surface area contributed by atoms with Crippen LogP contribution in [0, 0.1) is 0 Å². The maximum Gasteiger partial charge on any atom is 0.220 e. The van der Waals surface area contributed by atoms with E-state index in [0.29, 0.717) is 18.8 Å². The number of alkyl halides is 1. The van der Waals surface area contributed by atoms with Gasteiger partial charge in [-0.3, -0.25) is 4.79 Å². The van der Waals surface area contributed by atoms with Crippen LogP contribution in [-0.4, -0.2) is 18.3 Å². The summed E-state index contributed by atoms with van der Waals surface area (Å²) >= 11 is 5.51. The number of aryl methyl sites for hydroxylation is 1. The van der Waals surface area contributed by atoms with Gasteiger partial charge in [-0.15, -0.1) is 11.6 Å². The quantitative estimate of drug-likeness (QED) is 0.585. The molecule has 1 aromatic rings. The molecule has 0 heterocycles. The second-order valence-electron chi connectivity index (χ2n) is 3.38. The average molecular weight is 226 g/mol. The zero-order valence-corrected chi connectivity index (χ0v) is 9.46. The number of nitrogens with one attached hydrogen (secondary N) is 1. The first-order chi connectivity index (χ1) is 7.33. The average Bonchev–Trinajstić information content (AvgIpc) is 2.28. The Bertz CT molecular complexity index is 287. The molecule has 82 valence electrons. The van der Waals surface area contributed by atoms with Crippen LogP contribution in [0.3, 0.4) is 0 Å². The summed E-state index contributed by atoms with van der Waals surface area (Å²) in [4.78, 5) is 11.3. The lowest BCUT2D eigenvalue weighted by Gasteiger charge is -2.03. The molecule has 15 heavy (non-hydrogen) atoms. The van der Waals surface area contributed by atoms with Crippen LogP contribution in [-0.2, 0) is 11.2 Å². The van der Waals surface area contributed by atoms with Gasteiger partial charge in [0.15, 0.2) is 0 Å². The molecule has 0 saturated heterocycles. The second-order valence-corrected chi connectivity index (χ2v) is 3.76. The molecule has 0 aromatic heterocycles. The number of benzene rings is 1. The van der Waals surface area contributed by atoms with Crippen molar-refractivity contribution in [3.8, 4) is 0 Å². The highest BCUT2D eigenvalue weighted by molar-refractivity contribution is 6.17. The fourth-order valence-corrected chi connectivity index (χ4v) is 1.42. The summed E-state index contributed by atoms with van der Waals surface area (Å²) in [5.41, 5.74) is 1.20. The molecule has 1 amide bonds. The maximum atomic E-state index is 11.3. The van der Waals surface area contributed by atoms with Gasteiger partial charge in [-0.1, -0.05) is 30.3 Å². The van der Waals surface area contributed by atoms with Crippen molar-refractivity contribution in [3.05, 3.63) is 35.9 Å². The topological polar surface area (TPSA) is 29.1 Å². The standard InChI is InChI=1S/C12H16ClNO/c13-9-4-10-14-12(15)8-7-11-5-2-1-3-6-11/h1-3,5-6H,4,7-10H2,(H,14,15). The third kappa shape index (κ3) is 5.43. The monoisotopic (exact) mass is 225 g/mol. The van der Waals surface area contributed by atoms with Crippen molar-refractivity contribution in [3.63, 3.8) is 0 Å². The van der Waals surface area contributed by atoms with E-state index in [2.05, 4.69) is 5.32 Å². The number of carbonyl (C=O) groups excluding carboxylic acids is 1. The van der Waals surface area contributed by atoms with Gasteiger partial charge < -0.3 is 5.32 Å². The van der Waals surface area contributed by atoms with Gasteiger partial charge in [0.25, 0.3) is 0 Å². The van der Waals surface area contributed by atoms with E-state index in [1.54, 1.807) is 0 Å². The van der Waals surface area contributed by atoms with Crippen LogP contribution in [0.1, 0.15) is 18.4 Å². The Morgan fingerprint density at radius 1 is 1.27 bits per heavy atom. The molecule has 0 aliphatic carbocycles. The summed E-state index contributed by atoms with van der Waals surface area (Å²) < 4.78 is 0. The molecule has 0 bridgehead atoms. The highest BCUT2D eigenvalue weighted by atomic mass is 35.5. The van der Waals surface area contributed by atoms with Gasteiger partial charge in [-0.25, -0.2) is 0 Å². The highest BCUT2D eigenvalue weighted by Gasteiger charge is 2.00. The Hall–Kier alpha value is -1.02. The van der Waals surface area contributed by atoms with Crippen LogP contribution < -0.4 is 5.32 Å². The van der Waals surface area contributed by atoms with E-state index < -0.39 is 0 Å². The van der Waals surface area contributed by atoms with Crippen molar-refractivity contribution in [2.24, 2.45) is 0 Å². The van der Waals surface area contributed by atoms with Gasteiger partial charge >= 0.3 is 0 Å². The summed E-state index contributed by atoms with van der Waals surface area (Å²) in [6.45, 7) is 0.678. The zero-order valence-electron chi connectivity index (χ0n) is 8.71. The van der Waals surface area contributed by atoms with E-state index in [1.807, 2.05) is 30.3 Å². The molecule has 2 nitrogen and oxygen atoms in total. The summed E-state index contributed by atoms with van der Waals surface area (Å²) in [7, 11) is 0. The SMILES string of the molecule is O=C(CCc1ccccc1)NCCCCl. The summed E-state index contributed by atoms with van der Waals surface area (Å²) in [6, 6.07) is 10.0. The maximum absolute atomic E-state index is 11.3. The van der Waals surface area contributed by atoms with E-state index in [1.165, 1.54) is 5.56 Å². The number of rotatable bonds is 6. The molecule has 1 rings (SSSR count). The normalized spacial score (nSPS) is 9.93. The summed E-state index contributed by atoms with van der Waals surface area (Å²) in [6.07, 6.45) is 2.18. The van der Waals surface area contributed by atoms with Gasteiger partial charge in [0.1, 0.15) is 0 Å². The summed E-state index contributed by atoms with van der Waals surface area (Å²) in [5, 5.41) is 2.83. The van der Waals surface area contributed by atoms with Crippen molar-refractivity contribution in [1.29, 1.82) is 0 Å². The third-order valence-electron chi connectivity index (χ3n) is 2.12. The van der Waals surface area contributed by atoms with E-state index in [-0.39, 0.29) is 5.91 Å².